The molecule has 0 aliphatic carbocycles. The third-order valence-corrected chi connectivity index (χ3v) is 2.73. The van der Waals surface area contributed by atoms with E-state index in [-0.39, 0.29) is 22.7 Å². The van der Waals surface area contributed by atoms with Crippen LogP contribution in [0.5, 0.6) is 11.5 Å². The second kappa shape index (κ2) is 3.81. The van der Waals surface area contributed by atoms with E-state index in [4.69, 9.17) is 0 Å². The molecule has 0 amide bonds. The summed E-state index contributed by atoms with van der Waals surface area (Å²) < 4.78 is 36.2. The van der Waals surface area contributed by atoms with Crippen LogP contribution in [-0.4, -0.2) is 10.9 Å². The van der Waals surface area contributed by atoms with E-state index in [0.29, 0.717) is 0 Å². The summed E-state index contributed by atoms with van der Waals surface area (Å²) in [5, 5.41) is 0. The molecule has 19 heavy (non-hydrogen) atoms. The zero-order chi connectivity index (χ0) is 13.6. The highest BCUT2D eigenvalue weighted by Gasteiger charge is 2.44. The van der Waals surface area contributed by atoms with Crippen LogP contribution in [0.1, 0.15) is 5.56 Å². The van der Waals surface area contributed by atoms with Gasteiger partial charge < -0.3 is 9.47 Å². The number of ether oxygens (including phenoxy) is 2. The fraction of sp³-hybridized carbons (Fsp3) is 0.154. The van der Waals surface area contributed by atoms with Crippen LogP contribution < -0.4 is 15.0 Å². The number of alkyl halides is 2. The standard InChI is InChI=1S/C13H9F2NO3/c1-8-5-6-11(17)16(7-8)9-3-2-4-10-12(9)19-13(14,15)18-10/h2-7H,1H3. The minimum atomic E-state index is -3.70. The fourth-order valence-corrected chi connectivity index (χ4v) is 1.93. The molecule has 3 rings (SSSR count). The van der Waals surface area contributed by atoms with Crippen molar-refractivity contribution >= 4 is 0 Å². The van der Waals surface area contributed by atoms with Crippen LogP contribution in [-0.2, 0) is 0 Å². The number of halogens is 2. The van der Waals surface area contributed by atoms with Gasteiger partial charge in [-0.2, -0.15) is 0 Å². The summed E-state index contributed by atoms with van der Waals surface area (Å²) in [7, 11) is 0. The quantitative estimate of drug-likeness (QED) is 0.795. The molecule has 0 atom stereocenters. The third-order valence-electron chi connectivity index (χ3n) is 2.73. The third kappa shape index (κ3) is 1.95. The molecule has 0 spiro atoms. The van der Waals surface area contributed by atoms with Gasteiger partial charge in [-0.15, -0.1) is 8.78 Å². The summed E-state index contributed by atoms with van der Waals surface area (Å²) in [5.41, 5.74) is 0.712. The van der Waals surface area contributed by atoms with Gasteiger partial charge in [-0.1, -0.05) is 12.1 Å². The lowest BCUT2D eigenvalue weighted by atomic mass is 10.2. The Labute approximate surface area is 106 Å². The maximum Gasteiger partial charge on any atom is 0.586 e. The van der Waals surface area contributed by atoms with Gasteiger partial charge >= 0.3 is 6.29 Å². The van der Waals surface area contributed by atoms with E-state index in [1.165, 1.54) is 28.8 Å². The van der Waals surface area contributed by atoms with Crippen molar-refractivity contribution in [2.45, 2.75) is 13.2 Å². The first-order valence-electron chi connectivity index (χ1n) is 5.55. The maximum atomic E-state index is 13.1. The number of rotatable bonds is 1. The van der Waals surface area contributed by atoms with Crippen molar-refractivity contribution in [3.05, 3.63) is 52.4 Å². The normalized spacial score (nSPS) is 15.5. The maximum absolute atomic E-state index is 13.1. The summed E-state index contributed by atoms with van der Waals surface area (Å²) >= 11 is 0. The van der Waals surface area contributed by atoms with Crippen molar-refractivity contribution < 1.29 is 18.3 Å². The van der Waals surface area contributed by atoms with Crippen molar-refractivity contribution in [1.29, 1.82) is 0 Å². The lowest BCUT2D eigenvalue weighted by molar-refractivity contribution is -0.286. The topological polar surface area (TPSA) is 40.5 Å². The van der Waals surface area contributed by atoms with E-state index in [1.54, 1.807) is 19.2 Å². The molecule has 6 heteroatoms. The van der Waals surface area contributed by atoms with Gasteiger partial charge in [0.1, 0.15) is 0 Å². The lowest BCUT2D eigenvalue weighted by Crippen LogP contribution is -2.26. The Morgan fingerprint density at radius 3 is 2.74 bits per heavy atom. The Bertz CT molecular complexity index is 709. The molecule has 1 aliphatic rings. The number of aromatic nitrogens is 1. The molecule has 0 N–H and O–H groups in total. The first-order chi connectivity index (χ1) is 8.96. The summed E-state index contributed by atoms with van der Waals surface area (Å²) in [4.78, 5) is 11.8. The molecule has 0 saturated carbocycles. The van der Waals surface area contributed by atoms with Crippen molar-refractivity contribution in [3.63, 3.8) is 0 Å². The van der Waals surface area contributed by atoms with Crippen LogP contribution in [0.4, 0.5) is 8.78 Å². The van der Waals surface area contributed by atoms with E-state index in [0.717, 1.165) is 5.56 Å². The van der Waals surface area contributed by atoms with Gasteiger partial charge in [-0.3, -0.25) is 9.36 Å². The van der Waals surface area contributed by atoms with Gasteiger partial charge in [0.2, 0.25) is 0 Å². The number of benzene rings is 1. The van der Waals surface area contributed by atoms with Gasteiger partial charge in [-0.25, -0.2) is 0 Å². The number of aryl methyl sites for hydroxylation is 1. The number of hydrogen-bond donors (Lipinski definition) is 0. The van der Waals surface area contributed by atoms with E-state index in [9.17, 15) is 13.6 Å². The Balaban J connectivity index is 2.21. The molecular formula is C13H9F2NO3. The molecule has 2 heterocycles. The minimum Gasteiger partial charge on any atom is -0.395 e. The van der Waals surface area contributed by atoms with Crippen LogP contribution in [0, 0.1) is 6.92 Å². The van der Waals surface area contributed by atoms with Crippen molar-refractivity contribution in [1.82, 2.24) is 4.57 Å². The minimum absolute atomic E-state index is 0.0871. The van der Waals surface area contributed by atoms with Crippen LogP contribution in [0.3, 0.4) is 0 Å². The molecule has 4 nitrogen and oxygen atoms in total. The van der Waals surface area contributed by atoms with E-state index in [2.05, 4.69) is 9.47 Å². The molecule has 0 fully saturated rings. The molecule has 0 bridgehead atoms. The second-order valence-corrected chi connectivity index (χ2v) is 4.19. The van der Waals surface area contributed by atoms with Crippen LogP contribution in [0.2, 0.25) is 0 Å². The first kappa shape index (κ1) is 11.7. The average molecular weight is 265 g/mol. The monoisotopic (exact) mass is 265 g/mol. The van der Waals surface area contributed by atoms with E-state index in [1.807, 2.05) is 0 Å². The predicted molar refractivity (Wildman–Crippen MR) is 63.0 cm³/mol. The summed E-state index contributed by atoms with van der Waals surface area (Å²) in [6, 6.07) is 7.41. The molecule has 0 radical (unpaired) electrons. The highest BCUT2D eigenvalue weighted by Crippen LogP contribution is 2.44. The zero-order valence-electron chi connectivity index (χ0n) is 9.89. The Morgan fingerprint density at radius 2 is 1.95 bits per heavy atom. The lowest BCUT2D eigenvalue weighted by Gasteiger charge is -2.09. The molecule has 1 aromatic carbocycles. The van der Waals surface area contributed by atoms with Crippen molar-refractivity contribution in [2.24, 2.45) is 0 Å². The largest absolute Gasteiger partial charge is 0.586 e. The van der Waals surface area contributed by atoms with E-state index >= 15 is 0 Å². The molecule has 0 unspecified atom stereocenters. The number of fused-ring (bicyclic) bond motifs is 1. The van der Waals surface area contributed by atoms with Crippen LogP contribution in [0.25, 0.3) is 5.69 Å². The fourth-order valence-electron chi connectivity index (χ4n) is 1.93. The van der Waals surface area contributed by atoms with Crippen LogP contribution in [0.15, 0.2) is 41.3 Å². The molecule has 1 aromatic heterocycles. The number of nitrogens with zero attached hydrogens (tertiary/aromatic N) is 1. The zero-order valence-corrected chi connectivity index (χ0v) is 9.89. The van der Waals surface area contributed by atoms with Crippen molar-refractivity contribution in [3.8, 4) is 17.2 Å². The van der Waals surface area contributed by atoms with Crippen molar-refractivity contribution in [2.75, 3.05) is 0 Å². The van der Waals surface area contributed by atoms with Gasteiger partial charge in [-0.05, 0) is 24.6 Å². The molecule has 98 valence electrons. The van der Waals surface area contributed by atoms with Gasteiger partial charge in [0.15, 0.2) is 11.5 Å². The summed E-state index contributed by atoms with van der Waals surface area (Å²) in [6.45, 7) is 1.80. The highest BCUT2D eigenvalue weighted by molar-refractivity contribution is 5.57. The molecular weight excluding hydrogens is 256 g/mol. The van der Waals surface area contributed by atoms with Gasteiger partial charge in [0.25, 0.3) is 5.56 Å². The van der Waals surface area contributed by atoms with Gasteiger partial charge in [0.05, 0.1) is 5.69 Å². The summed E-state index contributed by atoms with van der Waals surface area (Å²) in [5.74, 6) is -0.226. The number of hydrogen-bond acceptors (Lipinski definition) is 3. The smallest absolute Gasteiger partial charge is 0.395 e. The highest BCUT2D eigenvalue weighted by atomic mass is 19.3. The molecule has 1 aliphatic heterocycles. The summed E-state index contributed by atoms with van der Waals surface area (Å²) in [6.07, 6.45) is -2.15. The SMILES string of the molecule is Cc1ccc(=O)n(-c2cccc3c2OC(F)(F)O3)c1. The Hall–Kier alpha value is -2.37. The number of para-hydroxylation sites is 1. The second-order valence-electron chi connectivity index (χ2n) is 4.19. The Kier molecular flexibility index (Phi) is 2.35. The molecule has 2 aromatic rings. The van der Waals surface area contributed by atoms with Crippen LogP contribution >= 0.6 is 0 Å². The van der Waals surface area contributed by atoms with E-state index < -0.39 is 6.29 Å². The average Bonchev–Trinajstić information content (AvgIpc) is 2.66. The molecule has 0 saturated heterocycles. The first-order valence-corrected chi connectivity index (χ1v) is 5.55. The number of pyridine rings is 1. The van der Waals surface area contributed by atoms with Gasteiger partial charge in [0, 0.05) is 12.3 Å². The predicted octanol–water partition coefficient (Wildman–Crippen LogP) is 2.47. The Morgan fingerprint density at radius 1 is 1.16 bits per heavy atom.